The normalized spacial score (nSPS) is 23.4. The fourth-order valence-electron chi connectivity index (χ4n) is 2.46. The van der Waals surface area contributed by atoms with Crippen LogP contribution in [-0.2, 0) is 23.9 Å². The van der Waals surface area contributed by atoms with Crippen LogP contribution >= 0.6 is 11.3 Å². The highest BCUT2D eigenvalue weighted by molar-refractivity contribution is 7.13. The van der Waals surface area contributed by atoms with E-state index in [-0.39, 0.29) is 13.0 Å². The van der Waals surface area contributed by atoms with Crippen LogP contribution in [0.15, 0.2) is 5.51 Å². The van der Waals surface area contributed by atoms with Crippen LogP contribution < -0.4 is 5.32 Å². The van der Waals surface area contributed by atoms with Gasteiger partial charge in [-0.1, -0.05) is 31.1 Å². The molecule has 23 heavy (non-hydrogen) atoms. The number of nitrogens with one attached hydrogen (secondary N) is 1. The van der Waals surface area contributed by atoms with Gasteiger partial charge in [-0.25, -0.2) is 0 Å². The third kappa shape index (κ3) is 3.66. The smallest absolute Gasteiger partial charge is 0.324 e. The molecular weight excluding hydrogens is 322 g/mol. The Kier molecular flexibility index (Phi) is 5.64. The highest BCUT2D eigenvalue weighted by Crippen LogP contribution is 2.40. The van der Waals surface area contributed by atoms with Gasteiger partial charge in [0.15, 0.2) is 11.5 Å². The van der Waals surface area contributed by atoms with E-state index in [1.54, 1.807) is 6.92 Å². The lowest BCUT2D eigenvalue weighted by molar-refractivity contribution is -0.166. The van der Waals surface area contributed by atoms with E-state index in [0.29, 0.717) is 18.0 Å². The third-order valence-electron chi connectivity index (χ3n) is 3.68. The topological polar surface area (TPSA) is 107 Å². The first-order valence-corrected chi connectivity index (χ1v) is 8.36. The van der Waals surface area contributed by atoms with Crippen molar-refractivity contribution >= 4 is 34.3 Å². The van der Waals surface area contributed by atoms with Crippen molar-refractivity contribution in [3.63, 3.8) is 0 Å². The number of amides is 1. The van der Waals surface area contributed by atoms with Crippen LogP contribution in [0.25, 0.3) is 0 Å². The van der Waals surface area contributed by atoms with Gasteiger partial charge in [0.05, 0.1) is 6.61 Å². The van der Waals surface area contributed by atoms with Crippen LogP contribution in [0.4, 0.5) is 5.13 Å². The molecule has 1 saturated heterocycles. The molecule has 1 aliphatic heterocycles. The lowest BCUT2D eigenvalue weighted by Gasteiger charge is -2.21. The number of carbonyl (C=O) groups excluding carboxylic acids is 3. The average molecular weight is 341 g/mol. The molecule has 0 aliphatic carbocycles. The van der Waals surface area contributed by atoms with Gasteiger partial charge in [-0.2, -0.15) is 0 Å². The zero-order chi connectivity index (χ0) is 16.9. The molecule has 0 radical (unpaired) electrons. The van der Waals surface area contributed by atoms with Gasteiger partial charge in [-0.15, -0.1) is 10.2 Å². The van der Waals surface area contributed by atoms with Gasteiger partial charge in [0.1, 0.15) is 5.51 Å². The quantitative estimate of drug-likeness (QED) is 0.592. The van der Waals surface area contributed by atoms with E-state index >= 15 is 0 Å². The van der Waals surface area contributed by atoms with Crippen molar-refractivity contribution in [2.45, 2.75) is 45.6 Å². The average Bonchev–Trinajstić information content (AvgIpc) is 3.14. The number of unbranched alkanes of at least 4 members (excludes halogenated alkanes) is 1. The van der Waals surface area contributed by atoms with Crippen molar-refractivity contribution in [3.05, 3.63) is 5.51 Å². The monoisotopic (exact) mass is 341 g/mol. The molecule has 1 amide bonds. The summed E-state index contributed by atoms with van der Waals surface area (Å²) in [5.41, 5.74) is 0.0790. The Labute approximate surface area is 137 Å². The minimum absolute atomic E-state index is 0.0185. The number of hydrogen-bond acceptors (Lipinski definition) is 8. The number of cyclic esters (lactones) is 1. The Morgan fingerprint density at radius 3 is 2.91 bits per heavy atom. The summed E-state index contributed by atoms with van der Waals surface area (Å²) in [5.74, 6) is -1.83. The van der Waals surface area contributed by atoms with Crippen molar-refractivity contribution in [2.24, 2.45) is 5.41 Å². The van der Waals surface area contributed by atoms with Gasteiger partial charge in [0, 0.05) is 6.42 Å². The summed E-state index contributed by atoms with van der Waals surface area (Å²) in [7, 11) is 0. The summed E-state index contributed by atoms with van der Waals surface area (Å²) in [6.45, 7) is 3.80. The number of rotatable bonds is 7. The summed E-state index contributed by atoms with van der Waals surface area (Å²) in [6.07, 6.45) is 0.737. The molecule has 8 nitrogen and oxygen atoms in total. The molecule has 2 heterocycles. The first kappa shape index (κ1) is 17.3. The molecule has 0 aromatic carbocycles. The number of hydrogen-bond donors (Lipinski definition) is 1. The van der Waals surface area contributed by atoms with Crippen molar-refractivity contribution in [1.82, 2.24) is 10.2 Å². The van der Waals surface area contributed by atoms with Crippen molar-refractivity contribution in [1.29, 1.82) is 0 Å². The Morgan fingerprint density at radius 1 is 1.52 bits per heavy atom. The molecule has 9 heteroatoms. The van der Waals surface area contributed by atoms with Gasteiger partial charge in [-0.05, 0) is 13.3 Å². The van der Waals surface area contributed by atoms with Gasteiger partial charge in [0.2, 0.25) is 5.13 Å². The van der Waals surface area contributed by atoms with Crippen LogP contribution in [0.5, 0.6) is 0 Å². The van der Waals surface area contributed by atoms with Crippen LogP contribution in [0, 0.1) is 5.41 Å². The number of nitrogens with zero attached hydrogens (tertiary/aromatic N) is 2. The number of ether oxygens (including phenoxy) is 2. The van der Waals surface area contributed by atoms with Gasteiger partial charge < -0.3 is 9.47 Å². The summed E-state index contributed by atoms with van der Waals surface area (Å²) in [6, 6.07) is 0. The Hall–Kier alpha value is -2.03. The molecular formula is C14H19N3O5S. The molecule has 1 fully saturated rings. The number of anilines is 1. The second-order valence-corrected chi connectivity index (χ2v) is 6.07. The Balaban J connectivity index is 2.13. The molecule has 0 unspecified atom stereocenters. The van der Waals surface area contributed by atoms with Crippen LogP contribution in [-0.4, -0.2) is 40.8 Å². The van der Waals surface area contributed by atoms with Crippen molar-refractivity contribution in [3.8, 4) is 0 Å². The van der Waals surface area contributed by atoms with E-state index < -0.39 is 29.4 Å². The maximum Gasteiger partial charge on any atom is 0.324 e. The van der Waals surface area contributed by atoms with Gasteiger partial charge in [0.25, 0.3) is 5.91 Å². The molecule has 126 valence electrons. The molecule has 2 rings (SSSR count). The van der Waals surface area contributed by atoms with E-state index in [0.717, 1.165) is 17.8 Å². The van der Waals surface area contributed by atoms with E-state index in [9.17, 15) is 14.4 Å². The molecule has 0 spiro atoms. The Bertz CT molecular complexity index is 577. The second-order valence-electron chi connectivity index (χ2n) is 5.24. The molecule has 1 N–H and O–H groups in total. The predicted molar refractivity (Wildman–Crippen MR) is 81.6 cm³/mol. The van der Waals surface area contributed by atoms with Crippen LogP contribution in [0.2, 0.25) is 0 Å². The number of carbonyl (C=O) groups is 3. The van der Waals surface area contributed by atoms with E-state index in [2.05, 4.69) is 15.5 Å². The summed E-state index contributed by atoms with van der Waals surface area (Å²) < 4.78 is 10.2. The van der Waals surface area contributed by atoms with Gasteiger partial charge in [-0.3, -0.25) is 19.7 Å². The van der Waals surface area contributed by atoms with E-state index in [1.807, 2.05) is 6.92 Å². The SMILES string of the molecule is CCCC[C@@]1(C(=O)OCC)C[C@H](C(=O)Nc2nncs2)OC1=O. The van der Waals surface area contributed by atoms with Crippen LogP contribution in [0.1, 0.15) is 39.5 Å². The zero-order valence-electron chi connectivity index (χ0n) is 13.0. The standard InChI is InChI=1S/C14H19N3O5S/c1-3-5-6-14(11(19)21-4-2)7-9(22-12(14)20)10(18)16-13-17-15-8-23-13/h8-9H,3-7H2,1-2H3,(H,16,17,18)/t9-,14+/m1/s1. The van der Waals surface area contributed by atoms with E-state index in [4.69, 9.17) is 9.47 Å². The highest BCUT2D eigenvalue weighted by Gasteiger charge is 2.57. The van der Waals surface area contributed by atoms with Crippen molar-refractivity contribution in [2.75, 3.05) is 11.9 Å². The highest BCUT2D eigenvalue weighted by atomic mass is 32.1. The number of esters is 2. The first-order valence-electron chi connectivity index (χ1n) is 7.48. The third-order valence-corrected chi connectivity index (χ3v) is 4.29. The van der Waals surface area contributed by atoms with Crippen molar-refractivity contribution < 1.29 is 23.9 Å². The first-order chi connectivity index (χ1) is 11.0. The molecule has 1 aromatic heterocycles. The molecule has 0 bridgehead atoms. The van der Waals surface area contributed by atoms with Gasteiger partial charge >= 0.3 is 11.9 Å². The summed E-state index contributed by atoms with van der Waals surface area (Å²) >= 11 is 1.15. The summed E-state index contributed by atoms with van der Waals surface area (Å²) in [4.78, 5) is 36.8. The lowest BCUT2D eigenvalue weighted by Crippen LogP contribution is -2.38. The minimum Gasteiger partial charge on any atom is -0.465 e. The zero-order valence-corrected chi connectivity index (χ0v) is 13.9. The number of aromatic nitrogens is 2. The summed E-state index contributed by atoms with van der Waals surface area (Å²) in [5, 5.41) is 10.2. The molecule has 2 atom stereocenters. The van der Waals surface area contributed by atoms with E-state index in [1.165, 1.54) is 5.51 Å². The Morgan fingerprint density at radius 2 is 2.30 bits per heavy atom. The molecule has 1 aromatic rings. The van der Waals surface area contributed by atoms with Crippen LogP contribution in [0.3, 0.4) is 0 Å². The minimum atomic E-state index is -1.39. The molecule has 1 aliphatic rings. The maximum atomic E-state index is 12.3. The lowest BCUT2D eigenvalue weighted by atomic mass is 9.80. The largest absolute Gasteiger partial charge is 0.465 e. The fraction of sp³-hybridized carbons (Fsp3) is 0.643. The predicted octanol–water partition coefficient (Wildman–Crippen LogP) is 1.53. The second kappa shape index (κ2) is 7.49. The molecule has 0 saturated carbocycles. The maximum absolute atomic E-state index is 12.3. The fourth-order valence-corrected chi connectivity index (χ4v) is 2.91.